The summed E-state index contributed by atoms with van der Waals surface area (Å²) in [5.41, 5.74) is 6.57. The zero-order valence-corrected chi connectivity index (χ0v) is 18.1. The summed E-state index contributed by atoms with van der Waals surface area (Å²) in [5.74, 6) is -0.861. The van der Waals surface area contributed by atoms with Crippen molar-refractivity contribution in [2.75, 3.05) is 32.6 Å². The highest BCUT2D eigenvalue weighted by Crippen LogP contribution is 2.32. The number of nitrogens with one attached hydrogen (secondary N) is 3. The smallest absolute Gasteiger partial charge is 0.273 e. The van der Waals surface area contributed by atoms with Gasteiger partial charge in [0.05, 0.1) is 6.67 Å². The molecule has 5 N–H and O–H groups in total. The van der Waals surface area contributed by atoms with Gasteiger partial charge in [-0.05, 0) is 44.3 Å². The standard InChI is InChI=1S/C19H24BrN7O2/c1-11-4-5-12(20)8-14(11)19(18(21)29)16(22-10-23-19)17(28)24-15-9-13(25-26-15)6-7-27(2)3/h4-5,8-9,23H,6-7,10H2,1-3H3,(H2,21,29)(H2,24,25,26,28). The zero-order chi connectivity index (χ0) is 21.2. The second kappa shape index (κ2) is 8.44. The molecule has 9 nitrogen and oxygen atoms in total. The maximum Gasteiger partial charge on any atom is 0.273 e. The fourth-order valence-corrected chi connectivity index (χ4v) is 3.67. The van der Waals surface area contributed by atoms with Gasteiger partial charge in [0, 0.05) is 29.2 Å². The predicted octanol–water partition coefficient (Wildman–Crippen LogP) is 0.906. The SMILES string of the molecule is Cc1ccc(Br)cc1C1(C(N)=O)NCN=C1C(=O)Nc1cc(CCN(C)C)[nH]n1. The van der Waals surface area contributed by atoms with Gasteiger partial charge in [0.2, 0.25) is 5.91 Å². The molecule has 2 aromatic rings. The number of halogens is 1. The van der Waals surface area contributed by atoms with Crippen LogP contribution in [0.3, 0.4) is 0 Å². The number of amides is 2. The van der Waals surface area contributed by atoms with Crippen LogP contribution in [0.1, 0.15) is 16.8 Å². The summed E-state index contributed by atoms with van der Waals surface area (Å²) >= 11 is 3.42. The van der Waals surface area contributed by atoms with Gasteiger partial charge in [-0.1, -0.05) is 22.0 Å². The molecule has 2 amide bonds. The minimum absolute atomic E-state index is 0.0176. The number of aliphatic imine (C=N–C) groups is 1. The minimum atomic E-state index is -1.51. The van der Waals surface area contributed by atoms with Crippen molar-refractivity contribution < 1.29 is 9.59 Å². The largest absolute Gasteiger partial charge is 0.367 e. The molecule has 1 atom stereocenters. The van der Waals surface area contributed by atoms with Crippen molar-refractivity contribution in [3.8, 4) is 0 Å². The first-order chi connectivity index (χ1) is 13.7. The highest BCUT2D eigenvalue weighted by Gasteiger charge is 2.50. The average molecular weight is 462 g/mol. The first-order valence-corrected chi connectivity index (χ1v) is 9.90. The number of likely N-dealkylation sites (N-methyl/N-ethyl adjacent to an activating group) is 1. The van der Waals surface area contributed by atoms with Crippen molar-refractivity contribution in [3.63, 3.8) is 0 Å². The molecule has 0 saturated heterocycles. The number of carbonyl (C=O) groups excluding carboxylic acids is 2. The lowest BCUT2D eigenvalue weighted by atomic mass is 9.82. The number of H-pyrrole nitrogens is 1. The molecule has 0 radical (unpaired) electrons. The lowest BCUT2D eigenvalue weighted by Gasteiger charge is -2.29. The first kappa shape index (κ1) is 21.2. The molecule has 0 bridgehead atoms. The third-order valence-corrected chi connectivity index (χ3v) is 5.32. The second-order valence-corrected chi connectivity index (χ2v) is 8.12. The summed E-state index contributed by atoms with van der Waals surface area (Å²) in [5, 5.41) is 12.8. The number of benzene rings is 1. The van der Waals surface area contributed by atoms with E-state index in [2.05, 4.69) is 46.7 Å². The molecule has 29 heavy (non-hydrogen) atoms. The fourth-order valence-electron chi connectivity index (χ4n) is 3.31. The zero-order valence-electron chi connectivity index (χ0n) is 16.5. The van der Waals surface area contributed by atoms with Crippen LogP contribution in [-0.2, 0) is 21.5 Å². The number of rotatable bonds is 7. The number of aromatic nitrogens is 2. The molecule has 0 aliphatic carbocycles. The quantitative estimate of drug-likeness (QED) is 0.486. The number of primary amides is 1. The molecule has 1 unspecified atom stereocenters. The van der Waals surface area contributed by atoms with E-state index in [9.17, 15) is 9.59 Å². The molecule has 1 aliphatic rings. The van der Waals surface area contributed by atoms with E-state index in [1.54, 1.807) is 12.1 Å². The van der Waals surface area contributed by atoms with Gasteiger partial charge in [-0.25, -0.2) is 0 Å². The average Bonchev–Trinajstić information content (AvgIpc) is 3.29. The predicted molar refractivity (Wildman–Crippen MR) is 115 cm³/mol. The lowest BCUT2D eigenvalue weighted by Crippen LogP contribution is -2.58. The number of carbonyl (C=O) groups is 2. The first-order valence-electron chi connectivity index (χ1n) is 9.11. The Kier molecular flexibility index (Phi) is 6.15. The molecule has 10 heteroatoms. The maximum atomic E-state index is 13.0. The van der Waals surface area contributed by atoms with Crippen LogP contribution in [-0.4, -0.2) is 59.9 Å². The summed E-state index contributed by atoms with van der Waals surface area (Å²) in [4.78, 5) is 31.9. The van der Waals surface area contributed by atoms with Crippen LogP contribution in [0.2, 0.25) is 0 Å². The van der Waals surface area contributed by atoms with Crippen molar-refractivity contribution in [2.45, 2.75) is 18.9 Å². The van der Waals surface area contributed by atoms with Gasteiger partial charge in [-0.15, -0.1) is 0 Å². The molecular weight excluding hydrogens is 438 g/mol. The van der Waals surface area contributed by atoms with Crippen molar-refractivity contribution in [1.29, 1.82) is 0 Å². The molecule has 0 fully saturated rings. The molecule has 3 rings (SSSR count). The molecule has 1 aliphatic heterocycles. The Morgan fingerprint density at radius 2 is 2.10 bits per heavy atom. The number of nitrogens with two attached hydrogens (primary N) is 1. The van der Waals surface area contributed by atoms with E-state index in [4.69, 9.17) is 5.73 Å². The van der Waals surface area contributed by atoms with Crippen molar-refractivity contribution in [1.82, 2.24) is 20.4 Å². The summed E-state index contributed by atoms with van der Waals surface area (Å²) in [6.07, 6.45) is 0.765. The number of aryl methyl sites for hydroxylation is 1. The topological polar surface area (TPSA) is 128 Å². The Morgan fingerprint density at radius 3 is 2.79 bits per heavy atom. The molecule has 0 saturated carbocycles. The van der Waals surface area contributed by atoms with Crippen molar-refractivity contribution in [2.24, 2.45) is 10.7 Å². The summed E-state index contributed by atoms with van der Waals surface area (Å²) in [6, 6.07) is 7.25. The Hall–Kier alpha value is -2.56. The fraction of sp³-hybridized carbons (Fsp3) is 0.368. The van der Waals surface area contributed by atoms with Gasteiger partial charge in [0.25, 0.3) is 5.91 Å². The van der Waals surface area contributed by atoms with E-state index in [-0.39, 0.29) is 12.4 Å². The minimum Gasteiger partial charge on any atom is -0.367 e. The highest BCUT2D eigenvalue weighted by atomic mass is 79.9. The van der Waals surface area contributed by atoms with E-state index in [1.165, 1.54) is 0 Å². The summed E-state index contributed by atoms with van der Waals surface area (Å²) in [6.45, 7) is 2.80. The van der Waals surface area contributed by atoms with Crippen molar-refractivity contribution >= 4 is 39.3 Å². The molecule has 0 spiro atoms. The van der Waals surface area contributed by atoms with Crippen LogP contribution < -0.4 is 16.4 Å². The van der Waals surface area contributed by atoms with Crippen LogP contribution in [0.15, 0.2) is 33.7 Å². The second-order valence-electron chi connectivity index (χ2n) is 7.20. The van der Waals surface area contributed by atoms with E-state index in [0.29, 0.717) is 11.4 Å². The van der Waals surface area contributed by atoms with Gasteiger partial charge in [-0.2, -0.15) is 5.10 Å². The van der Waals surface area contributed by atoms with Crippen LogP contribution in [0.5, 0.6) is 0 Å². The Morgan fingerprint density at radius 1 is 1.34 bits per heavy atom. The Labute approximate surface area is 177 Å². The Bertz CT molecular complexity index is 969. The van der Waals surface area contributed by atoms with Crippen molar-refractivity contribution in [3.05, 3.63) is 45.6 Å². The van der Waals surface area contributed by atoms with E-state index >= 15 is 0 Å². The Balaban J connectivity index is 1.87. The third-order valence-electron chi connectivity index (χ3n) is 4.83. The third kappa shape index (κ3) is 4.24. The van der Waals surface area contributed by atoms with Gasteiger partial charge < -0.3 is 16.0 Å². The molecule has 1 aromatic heterocycles. The number of hydrogen-bond donors (Lipinski definition) is 4. The number of aromatic amines is 1. The van der Waals surface area contributed by atoms with Gasteiger partial charge in [-0.3, -0.25) is 25.0 Å². The van der Waals surface area contributed by atoms with Crippen LogP contribution >= 0.6 is 15.9 Å². The maximum absolute atomic E-state index is 13.0. The molecule has 154 valence electrons. The normalized spacial score (nSPS) is 18.7. The van der Waals surface area contributed by atoms with E-state index in [0.717, 1.165) is 28.7 Å². The van der Waals surface area contributed by atoms with Gasteiger partial charge in [0.15, 0.2) is 11.4 Å². The lowest BCUT2D eigenvalue weighted by molar-refractivity contribution is -0.123. The van der Waals surface area contributed by atoms with Gasteiger partial charge in [0.1, 0.15) is 5.71 Å². The van der Waals surface area contributed by atoms with Crippen LogP contribution in [0.4, 0.5) is 5.82 Å². The molecule has 2 heterocycles. The van der Waals surface area contributed by atoms with Gasteiger partial charge >= 0.3 is 0 Å². The summed E-state index contributed by atoms with van der Waals surface area (Å²) in [7, 11) is 3.97. The number of nitrogens with zero attached hydrogens (tertiary/aromatic N) is 3. The van der Waals surface area contributed by atoms with E-state index < -0.39 is 17.4 Å². The van der Waals surface area contributed by atoms with E-state index in [1.807, 2.05) is 33.2 Å². The molecule has 1 aromatic carbocycles. The van der Waals surface area contributed by atoms with Crippen LogP contribution in [0.25, 0.3) is 0 Å². The number of hydrogen-bond acceptors (Lipinski definition) is 6. The monoisotopic (exact) mass is 461 g/mol. The van der Waals surface area contributed by atoms with Crippen LogP contribution in [0, 0.1) is 6.92 Å². The highest BCUT2D eigenvalue weighted by molar-refractivity contribution is 9.10. The number of anilines is 1. The molecular formula is C19H24BrN7O2. The summed E-state index contributed by atoms with van der Waals surface area (Å²) < 4.78 is 0.769.